The van der Waals surface area contributed by atoms with Crippen molar-refractivity contribution in [1.82, 2.24) is 14.5 Å². The third-order valence-electron chi connectivity index (χ3n) is 6.04. The van der Waals surface area contributed by atoms with Gasteiger partial charge in [-0.05, 0) is 37.5 Å². The molecule has 0 saturated carbocycles. The van der Waals surface area contributed by atoms with E-state index in [1.807, 2.05) is 10.6 Å². The van der Waals surface area contributed by atoms with Crippen LogP contribution in [-0.2, 0) is 16.6 Å². The standard InChI is InChI=1S/C22H22N4O4S2/c1-14-20(23-22(31-14)24-32(29,30)17-6-3-2-4-7-17)21(28)25-11-15-10-16(13-25)18-8-5-9-19(27)26(18)12-15/h2-9,15-16H,10-13H2,1H3,(H,23,24)/t15-,16-/m1/s1. The van der Waals surface area contributed by atoms with E-state index in [-0.39, 0.29) is 39.0 Å². The van der Waals surface area contributed by atoms with Crippen LogP contribution in [0.25, 0.3) is 0 Å². The molecule has 0 aliphatic carbocycles. The fourth-order valence-electron chi connectivity index (χ4n) is 4.62. The number of aryl methyl sites for hydroxylation is 1. The van der Waals surface area contributed by atoms with Crippen molar-refractivity contribution in [1.29, 1.82) is 0 Å². The molecule has 2 aliphatic rings. The number of hydrogen-bond donors (Lipinski definition) is 1. The van der Waals surface area contributed by atoms with Gasteiger partial charge in [-0.25, -0.2) is 13.4 Å². The van der Waals surface area contributed by atoms with Crippen molar-refractivity contribution in [2.75, 3.05) is 17.8 Å². The molecule has 1 N–H and O–H groups in total. The number of thiazole rings is 1. The van der Waals surface area contributed by atoms with Gasteiger partial charge >= 0.3 is 0 Å². The number of hydrogen-bond acceptors (Lipinski definition) is 6. The number of nitrogens with zero attached hydrogens (tertiary/aromatic N) is 3. The van der Waals surface area contributed by atoms with Crippen LogP contribution in [0.1, 0.15) is 33.4 Å². The van der Waals surface area contributed by atoms with Gasteiger partial charge < -0.3 is 9.47 Å². The van der Waals surface area contributed by atoms with Gasteiger partial charge in [-0.1, -0.05) is 24.3 Å². The average molecular weight is 471 g/mol. The molecule has 1 aromatic carbocycles. The molecule has 166 valence electrons. The van der Waals surface area contributed by atoms with Gasteiger partial charge in [0, 0.05) is 42.2 Å². The maximum atomic E-state index is 13.3. The molecule has 1 fully saturated rings. The summed E-state index contributed by atoms with van der Waals surface area (Å²) in [6.45, 7) is 3.44. The molecule has 0 radical (unpaired) electrons. The number of likely N-dealkylation sites (tertiary alicyclic amines) is 1. The minimum atomic E-state index is -3.78. The number of piperidine rings is 1. The highest BCUT2D eigenvalue weighted by atomic mass is 32.2. The zero-order valence-electron chi connectivity index (χ0n) is 17.4. The van der Waals surface area contributed by atoms with Crippen LogP contribution in [0.4, 0.5) is 5.13 Å². The Morgan fingerprint density at radius 2 is 1.88 bits per heavy atom. The van der Waals surface area contributed by atoms with Gasteiger partial charge in [0.1, 0.15) is 5.69 Å². The molecule has 2 bridgehead atoms. The number of amides is 1. The maximum Gasteiger partial charge on any atom is 0.273 e. The molecule has 8 nitrogen and oxygen atoms in total. The topological polar surface area (TPSA) is 101 Å². The molecule has 10 heteroatoms. The zero-order valence-corrected chi connectivity index (χ0v) is 19.0. The summed E-state index contributed by atoms with van der Waals surface area (Å²) in [5.74, 6) is 0.112. The zero-order chi connectivity index (χ0) is 22.5. The van der Waals surface area contributed by atoms with Gasteiger partial charge in [0.05, 0.1) is 4.90 Å². The van der Waals surface area contributed by atoms with Crippen LogP contribution < -0.4 is 10.3 Å². The Kier molecular flexibility index (Phi) is 5.13. The largest absolute Gasteiger partial charge is 0.336 e. The number of sulfonamides is 1. The van der Waals surface area contributed by atoms with E-state index in [4.69, 9.17) is 0 Å². The van der Waals surface area contributed by atoms with Crippen LogP contribution in [0, 0.1) is 12.8 Å². The summed E-state index contributed by atoms with van der Waals surface area (Å²) < 4.78 is 29.5. The quantitative estimate of drug-likeness (QED) is 0.632. The average Bonchev–Trinajstić information content (AvgIpc) is 3.13. The Morgan fingerprint density at radius 1 is 1.09 bits per heavy atom. The SMILES string of the molecule is Cc1sc(NS(=O)(=O)c2ccccc2)nc1C(=O)N1C[C@H]2C[C@H](C1)c1cccc(=O)n1C2. The first-order valence-electron chi connectivity index (χ1n) is 10.4. The van der Waals surface area contributed by atoms with E-state index in [9.17, 15) is 18.0 Å². The van der Waals surface area contributed by atoms with Gasteiger partial charge in [0.25, 0.3) is 21.5 Å². The van der Waals surface area contributed by atoms with Gasteiger partial charge in [0.2, 0.25) is 0 Å². The predicted octanol–water partition coefficient (Wildman–Crippen LogP) is 2.67. The fourth-order valence-corrected chi connectivity index (χ4v) is 6.69. The molecule has 2 atom stereocenters. The Bertz CT molecular complexity index is 1350. The van der Waals surface area contributed by atoms with Crippen LogP contribution in [0.2, 0.25) is 0 Å². The minimum absolute atomic E-state index is 0.00247. The molecule has 32 heavy (non-hydrogen) atoms. The van der Waals surface area contributed by atoms with E-state index in [0.29, 0.717) is 24.5 Å². The highest BCUT2D eigenvalue weighted by Crippen LogP contribution is 2.36. The highest BCUT2D eigenvalue weighted by Gasteiger charge is 2.37. The predicted molar refractivity (Wildman–Crippen MR) is 122 cm³/mol. The monoisotopic (exact) mass is 470 g/mol. The van der Waals surface area contributed by atoms with Crippen molar-refractivity contribution in [3.05, 3.63) is 75.1 Å². The van der Waals surface area contributed by atoms with Crippen LogP contribution in [-0.4, -0.2) is 41.9 Å². The normalized spacial score (nSPS) is 20.0. The number of anilines is 1. The Labute approximate surface area is 189 Å². The van der Waals surface area contributed by atoms with E-state index in [1.165, 1.54) is 12.1 Å². The first-order chi connectivity index (χ1) is 15.3. The van der Waals surface area contributed by atoms with Gasteiger partial charge in [-0.2, -0.15) is 0 Å². The van der Waals surface area contributed by atoms with Gasteiger partial charge in [0.15, 0.2) is 5.13 Å². The number of carbonyl (C=O) groups is 1. The lowest BCUT2D eigenvalue weighted by atomic mass is 9.83. The lowest BCUT2D eigenvalue weighted by Gasteiger charge is -2.42. The van der Waals surface area contributed by atoms with Crippen LogP contribution in [0.3, 0.4) is 0 Å². The van der Waals surface area contributed by atoms with E-state index < -0.39 is 10.0 Å². The summed E-state index contributed by atoms with van der Waals surface area (Å²) >= 11 is 1.15. The molecule has 0 spiro atoms. The molecule has 2 aromatic heterocycles. The first-order valence-corrected chi connectivity index (χ1v) is 12.7. The van der Waals surface area contributed by atoms with Crippen molar-refractivity contribution in [3.63, 3.8) is 0 Å². The number of rotatable bonds is 4. The molecule has 1 amide bonds. The highest BCUT2D eigenvalue weighted by molar-refractivity contribution is 7.93. The Morgan fingerprint density at radius 3 is 2.66 bits per heavy atom. The summed E-state index contributed by atoms with van der Waals surface area (Å²) in [5.41, 5.74) is 1.24. The number of aromatic nitrogens is 2. The fraction of sp³-hybridized carbons (Fsp3) is 0.318. The molecule has 4 heterocycles. The van der Waals surface area contributed by atoms with E-state index in [2.05, 4.69) is 9.71 Å². The smallest absolute Gasteiger partial charge is 0.273 e. The van der Waals surface area contributed by atoms with E-state index in [1.54, 1.807) is 42.2 Å². The molecule has 1 saturated heterocycles. The number of benzene rings is 1. The van der Waals surface area contributed by atoms with Crippen molar-refractivity contribution >= 4 is 32.4 Å². The molecule has 5 rings (SSSR count). The van der Waals surface area contributed by atoms with E-state index in [0.717, 1.165) is 23.5 Å². The van der Waals surface area contributed by atoms with Crippen molar-refractivity contribution in [2.45, 2.75) is 30.7 Å². The Balaban J connectivity index is 1.37. The first kappa shape index (κ1) is 20.9. The molecular formula is C22H22N4O4S2. The lowest BCUT2D eigenvalue weighted by Crippen LogP contribution is -2.49. The number of pyridine rings is 1. The van der Waals surface area contributed by atoms with Gasteiger partial charge in [-0.3, -0.25) is 14.3 Å². The van der Waals surface area contributed by atoms with Crippen LogP contribution >= 0.6 is 11.3 Å². The van der Waals surface area contributed by atoms with Crippen molar-refractivity contribution < 1.29 is 13.2 Å². The molecular weight excluding hydrogens is 448 g/mol. The number of nitrogens with one attached hydrogen (secondary N) is 1. The second-order valence-corrected chi connectivity index (χ2v) is 11.1. The third-order valence-corrected chi connectivity index (χ3v) is 8.41. The maximum absolute atomic E-state index is 13.3. The van der Waals surface area contributed by atoms with E-state index >= 15 is 0 Å². The lowest BCUT2D eigenvalue weighted by molar-refractivity contribution is 0.0589. The second kappa shape index (κ2) is 7.86. The molecule has 0 unspecified atom stereocenters. The van der Waals surface area contributed by atoms with Gasteiger partial charge in [-0.15, -0.1) is 11.3 Å². The summed E-state index contributed by atoms with van der Waals surface area (Å²) in [4.78, 5) is 32.4. The minimum Gasteiger partial charge on any atom is -0.336 e. The Hall–Kier alpha value is -2.98. The summed E-state index contributed by atoms with van der Waals surface area (Å²) in [7, 11) is -3.78. The van der Waals surface area contributed by atoms with Crippen LogP contribution in [0.15, 0.2) is 58.2 Å². The summed E-state index contributed by atoms with van der Waals surface area (Å²) in [6.07, 6.45) is 0.950. The number of carbonyl (C=O) groups excluding carboxylic acids is 1. The van der Waals surface area contributed by atoms with Crippen molar-refractivity contribution in [2.24, 2.45) is 5.92 Å². The molecule has 3 aromatic rings. The molecule has 2 aliphatic heterocycles. The summed E-state index contributed by atoms with van der Waals surface area (Å²) in [5, 5.41) is 0.170. The van der Waals surface area contributed by atoms with Crippen molar-refractivity contribution in [3.8, 4) is 0 Å². The summed E-state index contributed by atoms with van der Waals surface area (Å²) in [6, 6.07) is 13.4. The number of fused-ring (bicyclic) bond motifs is 4. The third kappa shape index (κ3) is 3.73. The van der Waals surface area contributed by atoms with Crippen LogP contribution in [0.5, 0.6) is 0 Å². The second-order valence-electron chi connectivity index (χ2n) is 8.25.